The first-order valence-electron chi connectivity index (χ1n) is 6.67. The molecule has 0 aliphatic heterocycles. The van der Waals surface area contributed by atoms with Crippen molar-refractivity contribution in [3.8, 4) is 5.75 Å². The van der Waals surface area contributed by atoms with Crippen molar-refractivity contribution in [3.63, 3.8) is 0 Å². The first-order chi connectivity index (χ1) is 8.87. The van der Waals surface area contributed by atoms with E-state index >= 15 is 0 Å². The van der Waals surface area contributed by atoms with Crippen LogP contribution in [0.3, 0.4) is 0 Å². The number of phenols is 1. The average Bonchev–Trinajstić information content (AvgIpc) is 2.28. The molecule has 1 aliphatic rings. The molecule has 0 spiro atoms. The predicted molar refractivity (Wildman–Crippen MR) is 73.2 cm³/mol. The van der Waals surface area contributed by atoms with Gasteiger partial charge in [0, 0.05) is 0 Å². The van der Waals surface area contributed by atoms with Crippen LogP contribution < -0.4 is 5.32 Å². The van der Waals surface area contributed by atoms with Gasteiger partial charge in [-0.15, -0.1) is 0 Å². The molecule has 0 fully saturated rings. The number of hydrogen-bond acceptors (Lipinski definition) is 3. The summed E-state index contributed by atoms with van der Waals surface area (Å²) in [7, 11) is 0. The van der Waals surface area contributed by atoms with Crippen LogP contribution in [0.4, 0.5) is 4.79 Å². The molecule has 2 N–H and O–H groups in total. The highest BCUT2D eigenvalue weighted by Crippen LogP contribution is 2.34. The van der Waals surface area contributed by atoms with Crippen molar-refractivity contribution >= 4 is 6.09 Å². The van der Waals surface area contributed by atoms with E-state index in [0.717, 1.165) is 30.4 Å². The summed E-state index contributed by atoms with van der Waals surface area (Å²) in [6, 6.07) is 5.37. The minimum absolute atomic E-state index is 0.0781. The summed E-state index contributed by atoms with van der Waals surface area (Å²) in [5.74, 6) is 0.313. The minimum Gasteiger partial charge on any atom is -0.508 e. The molecule has 0 saturated carbocycles. The molecule has 0 radical (unpaired) electrons. The van der Waals surface area contributed by atoms with E-state index in [0.29, 0.717) is 5.75 Å². The molecule has 4 heteroatoms. The van der Waals surface area contributed by atoms with Gasteiger partial charge < -0.3 is 15.2 Å². The number of benzene rings is 1. The molecule has 1 amide bonds. The second kappa shape index (κ2) is 5.11. The van der Waals surface area contributed by atoms with Gasteiger partial charge in [-0.3, -0.25) is 0 Å². The zero-order valence-corrected chi connectivity index (χ0v) is 11.7. The molecule has 2 rings (SSSR count). The van der Waals surface area contributed by atoms with Crippen LogP contribution in [-0.4, -0.2) is 16.8 Å². The Labute approximate surface area is 113 Å². The molecule has 0 aromatic heterocycles. The summed E-state index contributed by atoms with van der Waals surface area (Å²) in [4.78, 5) is 11.8. The topological polar surface area (TPSA) is 58.6 Å². The van der Waals surface area contributed by atoms with Crippen molar-refractivity contribution in [3.05, 3.63) is 29.3 Å². The van der Waals surface area contributed by atoms with Gasteiger partial charge in [0.2, 0.25) is 0 Å². The van der Waals surface area contributed by atoms with Crippen LogP contribution in [-0.2, 0) is 11.2 Å². The summed E-state index contributed by atoms with van der Waals surface area (Å²) in [6.45, 7) is 5.52. The highest BCUT2D eigenvalue weighted by Gasteiger charge is 2.25. The van der Waals surface area contributed by atoms with Crippen molar-refractivity contribution < 1.29 is 14.6 Å². The number of fused-ring (bicyclic) bond motifs is 1. The smallest absolute Gasteiger partial charge is 0.408 e. The first kappa shape index (κ1) is 13.7. The number of carbonyl (C=O) groups is 1. The van der Waals surface area contributed by atoms with Gasteiger partial charge in [-0.05, 0) is 57.2 Å². The third kappa shape index (κ3) is 3.40. The monoisotopic (exact) mass is 263 g/mol. The van der Waals surface area contributed by atoms with Crippen LogP contribution in [0.1, 0.15) is 50.8 Å². The van der Waals surface area contributed by atoms with Crippen LogP contribution in [0.5, 0.6) is 5.75 Å². The van der Waals surface area contributed by atoms with E-state index in [1.807, 2.05) is 32.9 Å². The average molecular weight is 263 g/mol. The van der Waals surface area contributed by atoms with Gasteiger partial charge in [-0.2, -0.15) is 0 Å². The molecule has 0 heterocycles. The van der Waals surface area contributed by atoms with Crippen molar-refractivity contribution in [1.82, 2.24) is 5.32 Å². The van der Waals surface area contributed by atoms with Crippen molar-refractivity contribution in [2.75, 3.05) is 0 Å². The van der Waals surface area contributed by atoms with E-state index in [1.54, 1.807) is 6.07 Å². The molecule has 1 aliphatic carbocycles. The molecular weight excluding hydrogens is 242 g/mol. The van der Waals surface area contributed by atoms with Gasteiger partial charge >= 0.3 is 6.09 Å². The number of carbonyl (C=O) groups excluding carboxylic acids is 1. The molecule has 104 valence electrons. The van der Waals surface area contributed by atoms with Gasteiger partial charge in [0.25, 0.3) is 0 Å². The summed E-state index contributed by atoms with van der Waals surface area (Å²) in [5, 5.41) is 12.7. The molecule has 4 nitrogen and oxygen atoms in total. The normalized spacial score (nSPS) is 18.6. The standard InChI is InChI=1S/C15H21NO3/c1-15(2,3)19-14(18)16-12-8-4-7-11-10(12)6-5-9-13(11)17/h5-6,9,12,17H,4,7-8H2,1-3H3,(H,16,18)/t12-/m1/s1. The van der Waals surface area contributed by atoms with Crippen LogP contribution in [0.2, 0.25) is 0 Å². The van der Waals surface area contributed by atoms with Crippen molar-refractivity contribution in [2.24, 2.45) is 0 Å². The van der Waals surface area contributed by atoms with Crippen LogP contribution >= 0.6 is 0 Å². The quantitative estimate of drug-likeness (QED) is 0.817. The maximum absolute atomic E-state index is 11.8. The molecular formula is C15H21NO3. The molecule has 0 bridgehead atoms. The fraction of sp³-hybridized carbons (Fsp3) is 0.533. The fourth-order valence-corrected chi connectivity index (χ4v) is 2.43. The number of amides is 1. The van der Waals surface area contributed by atoms with Gasteiger partial charge in [0.05, 0.1) is 6.04 Å². The Balaban J connectivity index is 2.12. The van der Waals surface area contributed by atoms with E-state index in [9.17, 15) is 9.90 Å². The van der Waals surface area contributed by atoms with E-state index in [4.69, 9.17) is 4.74 Å². The molecule has 19 heavy (non-hydrogen) atoms. The van der Waals surface area contributed by atoms with E-state index in [-0.39, 0.29) is 6.04 Å². The number of hydrogen-bond donors (Lipinski definition) is 2. The van der Waals surface area contributed by atoms with Gasteiger partial charge in [0.15, 0.2) is 0 Å². The summed E-state index contributed by atoms with van der Waals surface area (Å²) >= 11 is 0. The lowest BCUT2D eigenvalue weighted by Crippen LogP contribution is -2.36. The highest BCUT2D eigenvalue weighted by molar-refractivity contribution is 5.68. The van der Waals surface area contributed by atoms with Crippen LogP contribution in [0, 0.1) is 0 Å². The van der Waals surface area contributed by atoms with Gasteiger partial charge in [-0.1, -0.05) is 12.1 Å². The minimum atomic E-state index is -0.500. The Hall–Kier alpha value is -1.71. The summed E-state index contributed by atoms with van der Waals surface area (Å²) < 4.78 is 5.27. The van der Waals surface area contributed by atoms with Crippen molar-refractivity contribution in [2.45, 2.75) is 51.7 Å². The number of ether oxygens (including phenoxy) is 1. The Morgan fingerprint density at radius 3 is 2.84 bits per heavy atom. The number of nitrogens with one attached hydrogen (secondary N) is 1. The number of alkyl carbamates (subject to hydrolysis) is 1. The molecule has 1 aromatic rings. The Bertz CT molecular complexity index is 477. The third-order valence-electron chi connectivity index (χ3n) is 3.17. The zero-order chi connectivity index (χ0) is 14.0. The Kier molecular flexibility index (Phi) is 3.69. The maximum atomic E-state index is 11.8. The van der Waals surface area contributed by atoms with Crippen LogP contribution in [0.15, 0.2) is 18.2 Å². The number of rotatable bonds is 1. The zero-order valence-electron chi connectivity index (χ0n) is 11.7. The van der Waals surface area contributed by atoms with E-state index in [1.165, 1.54) is 0 Å². The lowest BCUT2D eigenvalue weighted by Gasteiger charge is -2.28. The van der Waals surface area contributed by atoms with E-state index < -0.39 is 11.7 Å². The molecule has 1 aromatic carbocycles. The SMILES string of the molecule is CC(C)(C)OC(=O)N[C@@H]1CCCc2c(O)cccc21. The molecule has 0 saturated heterocycles. The highest BCUT2D eigenvalue weighted by atomic mass is 16.6. The lowest BCUT2D eigenvalue weighted by atomic mass is 9.87. The van der Waals surface area contributed by atoms with Gasteiger partial charge in [0.1, 0.15) is 11.4 Å². The van der Waals surface area contributed by atoms with E-state index in [2.05, 4.69) is 5.32 Å². The second-order valence-corrected chi connectivity index (χ2v) is 5.94. The van der Waals surface area contributed by atoms with Crippen molar-refractivity contribution in [1.29, 1.82) is 0 Å². The third-order valence-corrected chi connectivity index (χ3v) is 3.17. The maximum Gasteiger partial charge on any atom is 0.408 e. The number of aromatic hydroxyl groups is 1. The Morgan fingerprint density at radius 2 is 2.16 bits per heavy atom. The summed E-state index contributed by atoms with van der Waals surface area (Å²) in [6.07, 6.45) is 2.27. The fourth-order valence-electron chi connectivity index (χ4n) is 2.43. The predicted octanol–water partition coefficient (Wildman–Crippen LogP) is 3.29. The second-order valence-electron chi connectivity index (χ2n) is 5.94. The lowest BCUT2D eigenvalue weighted by molar-refractivity contribution is 0.0498. The largest absolute Gasteiger partial charge is 0.508 e. The van der Waals surface area contributed by atoms with Crippen LogP contribution in [0.25, 0.3) is 0 Å². The molecule has 1 atom stereocenters. The number of phenolic OH excluding ortho intramolecular Hbond substituents is 1. The van der Waals surface area contributed by atoms with Gasteiger partial charge in [-0.25, -0.2) is 4.79 Å². The Morgan fingerprint density at radius 1 is 1.42 bits per heavy atom. The molecule has 0 unspecified atom stereocenters. The first-order valence-corrected chi connectivity index (χ1v) is 6.67. The summed E-state index contributed by atoms with van der Waals surface area (Å²) in [5.41, 5.74) is 1.44.